The number of benzene rings is 1. The second-order valence-corrected chi connectivity index (χ2v) is 8.35. The highest BCUT2D eigenvalue weighted by Crippen LogP contribution is 2.40. The van der Waals surface area contributed by atoms with E-state index in [1.165, 1.54) is 23.0 Å². The first-order chi connectivity index (χ1) is 13.7. The van der Waals surface area contributed by atoms with E-state index in [0.29, 0.717) is 6.61 Å². The molecular formula is C23H32N2O3. The Morgan fingerprint density at radius 1 is 1.29 bits per heavy atom. The number of hydrogen-bond acceptors (Lipinski definition) is 4. The maximum absolute atomic E-state index is 12.9. The lowest BCUT2D eigenvalue weighted by molar-refractivity contribution is -0.162. The average molecular weight is 385 g/mol. The van der Waals surface area contributed by atoms with Gasteiger partial charge in [0.05, 0.1) is 18.1 Å². The molecule has 5 nitrogen and oxygen atoms in total. The topological polar surface area (TPSA) is 54.6 Å². The van der Waals surface area contributed by atoms with Crippen LogP contribution in [0.4, 0.5) is 0 Å². The smallest absolute Gasteiger partial charge is 0.312 e. The first-order valence-electron chi connectivity index (χ1n) is 10.8. The van der Waals surface area contributed by atoms with Crippen LogP contribution in [0.1, 0.15) is 51.1 Å². The summed E-state index contributed by atoms with van der Waals surface area (Å²) >= 11 is 0. The normalized spacial score (nSPS) is 23.0. The van der Waals surface area contributed by atoms with Crippen LogP contribution in [0, 0.1) is 5.41 Å². The summed E-state index contributed by atoms with van der Waals surface area (Å²) in [6, 6.07) is 10.6. The molecule has 1 aromatic heterocycles. The van der Waals surface area contributed by atoms with Crippen molar-refractivity contribution in [3.05, 3.63) is 36.0 Å². The molecule has 5 heteroatoms. The van der Waals surface area contributed by atoms with Gasteiger partial charge in [-0.1, -0.05) is 18.2 Å². The molecule has 0 radical (unpaired) electrons. The van der Waals surface area contributed by atoms with E-state index >= 15 is 0 Å². The van der Waals surface area contributed by atoms with Gasteiger partial charge in [-0.05, 0) is 76.1 Å². The predicted octanol–water partition coefficient (Wildman–Crippen LogP) is 4.27. The molecule has 2 aliphatic heterocycles. The molecule has 2 fully saturated rings. The third kappa shape index (κ3) is 4.26. The minimum Gasteiger partial charge on any atom is -0.466 e. The van der Waals surface area contributed by atoms with E-state index in [1.54, 1.807) is 0 Å². The molecule has 28 heavy (non-hydrogen) atoms. The molecule has 0 saturated carbocycles. The number of rotatable bonds is 6. The van der Waals surface area contributed by atoms with Crippen LogP contribution in [0.3, 0.4) is 0 Å². The molecule has 0 amide bonds. The van der Waals surface area contributed by atoms with E-state index in [2.05, 4.69) is 40.2 Å². The van der Waals surface area contributed by atoms with Crippen molar-refractivity contribution >= 4 is 16.9 Å². The predicted molar refractivity (Wildman–Crippen MR) is 110 cm³/mol. The molecule has 2 aromatic rings. The van der Waals surface area contributed by atoms with Crippen LogP contribution >= 0.6 is 0 Å². The molecule has 4 rings (SSSR count). The third-order valence-electron chi connectivity index (χ3n) is 6.39. The number of aromatic amines is 1. The molecule has 0 spiro atoms. The van der Waals surface area contributed by atoms with Crippen molar-refractivity contribution in [3.63, 3.8) is 0 Å². The van der Waals surface area contributed by atoms with Gasteiger partial charge in [-0.3, -0.25) is 9.69 Å². The fourth-order valence-corrected chi connectivity index (χ4v) is 4.78. The highest BCUT2D eigenvalue weighted by atomic mass is 16.5. The lowest BCUT2D eigenvalue weighted by atomic mass is 9.73. The number of likely N-dealkylation sites (tertiary alicyclic amines) is 1. The van der Waals surface area contributed by atoms with E-state index in [0.717, 1.165) is 58.3 Å². The van der Waals surface area contributed by atoms with Gasteiger partial charge in [0, 0.05) is 24.4 Å². The highest BCUT2D eigenvalue weighted by molar-refractivity contribution is 5.80. The average Bonchev–Trinajstić information content (AvgIpc) is 3.13. The van der Waals surface area contributed by atoms with E-state index in [4.69, 9.17) is 9.47 Å². The number of esters is 1. The minimum absolute atomic E-state index is 0.0190. The number of H-pyrrole nitrogens is 1. The zero-order chi connectivity index (χ0) is 19.4. The Kier molecular flexibility index (Phi) is 6.02. The van der Waals surface area contributed by atoms with Gasteiger partial charge < -0.3 is 14.5 Å². The lowest BCUT2D eigenvalue weighted by Gasteiger charge is -2.42. The molecule has 0 unspecified atom stereocenters. The number of carbonyl (C=O) groups excluding carboxylic acids is 1. The van der Waals surface area contributed by atoms with Crippen molar-refractivity contribution in [2.75, 3.05) is 26.3 Å². The summed E-state index contributed by atoms with van der Waals surface area (Å²) in [6.07, 6.45) is 6.14. The summed E-state index contributed by atoms with van der Waals surface area (Å²) < 4.78 is 11.5. The number of piperidine rings is 1. The molecule has 0 aliphatic carbocycles. The molecule has 2 aliphatic rings. The van der Waals surface area contributed by atoms with E-state index in [-0.39, 0.29) is 17.5 Å². The number of ether oxygens (including phenoxy) is 2. The van der Waals surface area contributed by atoms with E-state index < -0.39 is 0 Å². The summed E-state index contributed by atoms with van der Waals surface area (Å²) in [4.78, 5) is 18.8. The Labute approximate surface area is 167 Å². The van der Waals surface area contributed by atoms with E-state index in [1.807, 2.05) is 6.92 Å². The number of carbonyl (C=O) groups is 1. The van der Waals surface area contributed by atoms with Crippen molar-refractivity contribution in [1.29, 1.82) is 0 Å². The van der Waals surface area contributed by atoms with Crippen molar-refractivity contribution in [3.8, 4) is 0 Å². The maximum Gasteiger partial charge on any atom is 0.312 e. The minimum atomic E-state index is -0.380. The fraction of sp³-hybridized carbons (Fsp3) is 0.609. The van der Waals surface area contributed by atoms with Gasteiger partial charge in [-0.25, -0.2) is 0 Å². The SMILES string of the molecule is CCOC(=O)C1(C[C@H]2CCCCO2)CCN(Cc2cc3ccccc3[nH]2)CC1. The second-order valence-electron chi connectivity index (χ2n) is 8.35. The fourth-order valence-electron chi connectivity index (χ4n) is 4.78. The number of nitrogens with zero attached hydrogens (tertiary/aromatic N) is 1. The molecule has 3 heterocycles. The summed E-state index contributed by atoms with van der Waals surface area (Å²) in [5.74, 6) is -0.0190. The Bertz CT molecular complexity index is 753. The molecule has 152 valence electrons. The molecule has 2 saturated heterocycles. The zero-order valence-corrected chi connectivity index (χ0v) is 16.9. The number of nitrogens with one attached hydrogen (secondary N) is 1. The van der Waals surface area contributed by atoms with Crippen molar-refractivity contribution in [1.82, 2.24) is 9.88 Å². The van der Waals surface area contributed by atoms with Crippen molar-refractivity contribution in [2.24, 2.45) is 5.41 Å². The third-order valence-corrected chi connectivity index (χ3v) is 6.39. The van der Waals surface area contributed by atoms with Crippen LogP contribution in [-0.2, 0) is 20.8 Å². The Hall–Kier alpha value is -1.85. The van der Waals surface area contributed by atoms with Gasteiger partial charge in [0.2, 0.25) is 0 Å². The van der Waals surface area contributed by atoms with Gasteiger partial charge in [-0.15, -0.1) is 0 Å². The number of fused-ring (bicyclic) bond motifs is 1. The van der Waals surface area contributed by atoms with Gasteiger partial charge in [0.1, 0.15) is 0 Å². The summed E-state index contributed by atoms with van der Waals surface area (Å²) in [7, 11) is 0. The Morgan fingerprint density at radius 3 is 2.82 bits per heavy atom. The second kappa shape index (κ2) is 8.66. The molecule has 0 bridgehead atoms. The number of aromatic nitrogens is 1. The first kappa shape index (κ1) is 19.5. The number of para-hydroxylation sites is 1. The maximum atomic E-state index is 12.9. The van der Waals surface area contributed by atoms with Gasteiger partial charge in [0.25, 0.3) is 0 Å². The van der Waals surface area contributed by atoms with Gasteiger partial charge in [0.15, 0.2) is 0 Å². The largest absolute Gasteiger partial charge is 0.466 e. The van der Waals surface area contributed by atoms with E-state index in [9.17, 15) is 4.79 Å². The molecule has 1 N–H and O–H groups in total. The van der Waals surface area contributed by atoms with Crippen LogP contribution < -0.4 is 0 Å². The molecule has 1 aromatic carbocycles. The van der Waals surface area contributed by atoms with Gasteiger partial charge >= 0.3 is 5.97 Å². The highest BCUT2D eigenvalue weighted by Gasteiger charge is 2.44. The number of hydrogen-bond donors (Lipinski definition) is 1. The van der Waals surface area contributed by atoms with Gasteiger partial charge in [-0.2, -0.15) is 0 Å². The quantitative estimate of drug-likeness (QED) is 0.756. The summed E-state index contributed by atoms with van der Waals surface area (Å²) in [5.41, 5.74) is 2.04. The van der Waals surface area contributed by atoms with Crippen LogP contribution in [0.25, 0.3) is 10.9 Å². The van der Waals surface area contributed by atoms with Crippen LogP contribution in [0.2, 0.25) is 0 Å². The monoisotopic (exact) mass is 384 g/mol. The summed E-state index contributed by atoms with van der Waals surface area (Å²) in [6.45, 7) is 5.91. The zero-order valence-electron chi connectivity index (χ0n) is 16.9. The molecular weight excluding hydrogens is 352 g/mol. The van der Waals surface area contributed by atoms with Crippen molar-refractivity contribution in [2.45, 2.75) is 58.1 Å². The Balaban J connectivity index is 1.41. The van der Waals surface area contributed by atoms with Crippen LogP contribution in [0.15, 0.2) is 30.3 Å². The lowest BCUT2D eigenvalue weighted by Crippen LogP contribution is -2.47. The molecule has 1 atom stereocenters. The Morgan fingerprint density at radius 2 is 2.11 bits per heavy atom. The summed E-state index contributed by atoms with van der Waals surface area (Å²) in [5, 5.41) is 1.25. The standard InChI is InChI=1S/C23H32N2O3/c1-2-27-22(26)23(16-20-8-5-6-14-28-20)10-12-25(13-11-23)17-19-15-18-7-3-4-9-21(18)24-19/h3-4,7,9,15,20,24H,2,5-6,8,10-14,16-17H2,1H3/t20-/m1/s1. The van der Waals surface area contributed by atoms with Crippen LogP contribution in [0.5, 0.6) is 0 Å². The first-order valence-corrected chi connectivity index (χ1v) is 10.8. The van der Waals surface area contributed by atoms with Crippen molar-refractivity contribution < 1.29 is 14.3 Å². The van der Waals surface area contributed by atoms with Crippen LogP contribution in [-0.4, -0.2) is 48.3 Å².